The summed E-state index contributed by atoms with van der Waals surface area (Å²) in [5.74, 6) is 0. The molecule has 0 radical (unpaired) electrons. The van der Waals surface area contributed by atoms with Crippen LogP contribution in [-0.2, 0) is 5.41 Å². The molecule has 10 aromatic carbocycles. The van der Waals surface area contributed by atoms with E-state index < -0.39 is 5.41 Å². The van der Waals surface area contributed by atoms with Crippen LogP contribution in [0.4, 0.5) is 17.1 Å². The highest BCUT2D eigenvalue weighted by atomic mass is 15.1. The number of aromatic nitrogens is 1. The molecule has 12 rings (SSSR count). The molecule has 1 aliphatic carbocycles. The second-order valence-corrected chi connectivity index (χ2v) is 16.7. The number of hydrogen-bond donors (Lipinski definition) is 0. The second kappa shape index (κ2) is 15.5. The zero-order valence-electron chi connectivity index (χ0n) is 35.1. The van der Waals surface area contributed by atoms with Crippen LogP contribution >= 0.6 is 0 Å². The van der Waals surface area contributed by atoms with Gasteiger partial charge in [0.15, 0.2) is 0 Å². The fraction of sp³-hybridized carbons (Fsp3) is 0.0161. The summed E-state index contributed by atoms with van der Waals surface area (Å²) >= 11 is 0. The van der Waals surface area contributed by atoms with Gasteiger partial charge in [-0.25, -0.2) is 4.98 Å². The first-order valence-electron chi connectivity index (χ1n) is 22.0. The fourth-order valence-electron chi connectivity index (χ4n) is 10.2. The van der Waals surface area contributed by atoms with Gasteiger partial charge in [-0.3, -0.25) is 0 Å². The highest BCUT2D eigenvalue weighted by Gasteiger charge is 2.48. The molecule has 0 unspecified atom stereocenters. The number of nitrogens with zero attached hydrogens (tertiary/aromatic N) is 2. The normalized spacial score (nSPS) is 12.5. The van der Waals surface area contributed by atoms with E-state index in [2.05, 4.69) is 260 Å². The van der Waals surface area contributed by atoms with Gasteiger partial charge in [0.1, 0.15) is 0 Å². The summed E-state index contributed by atoms with van der Waals surface area (Å²) in [5, 5.41) is 3.50. The van der Waals surface area contributed by atoms with Gasteiger partial charge in [-0.2, -0.15) is 0 Å². The van der Waals surface area contributed by atoms with Gasteiger partial charge >= 0.3 is 0 Å². The highest BCUT2D eigenvalue weighted by molar-refractivity contribution is 6.02. The van der Waals surface area contributed by atoms with E-state index in [1.165, 1.54) is 55.3 Å². The molecule has 1 aliphatic rings. The highest BCUT2D eigenvalue weighted by Crippen LogP contribution is 2.60. The number of rotatable bonds is 8. The van der Waals surface area contributed by atoms with Crippen LogP contribution in [0.1, 0.15) is 22.3 Å². The van der Waals surface area contributed by atoms with Crippen molar-refractivity contribution in [1.29, 1.82) is 0 Å². The molecule has 0 spiro atoms. The van der Waals surface area contributed by atoms with Gasteiger partial charge in [-0.1, -0.05) is 206 Å². The number of pyridine rings is 1. The van der Waals surface area contributed by atoms with Crippen molar-refractivity contribution in [3.63, 3.8) is 0 Å². The number of fused-ring (bicyclic) bond motifs is 5. The number of hydrogen-bond acceptors (Lipinski definition) is 2. The lowest BCUT2D eigenvalue weighted by molar-refractivity contribution is 0.768. The van der Waals surface area contributed by atoms with Gasteiger partial charge in [-0.05, 0) is 104 Å². The van der Waals surface area contributed by atoms with Crippen molar-refractivity contribution in [3.8, 4) is 44.6 Å². The van der Waals surface area contributed by atoms with Crippen molar-refractivity contribution >= 4 is 38.7 Å². The summed E-state index contributed by atoms with van der Waals surface area (Å²) in [7, 11) is 0. The van der Waals surface area contributed by atoms with Gasteiger partial charge in [0.05, 0.1) is 22.3 Å². The van der Waals surface area contributed by atoms with Gasteiger partial charge in [0, 0.05) is 33.5 Å². The van der Waals surface area contributed by atoms with Gasteiger partial charge in [0.2, 0.25) is 0 Å². The molecule has 0 saturated heterocycles. The van der Waals surface area contributed by atoms with Crippen LogP contribution in [0.5, 0.6) is 0 Å². The maximum atomic E-state index is 5.60. The number of para-hydroxylation sites is 1. The molecule has 0 N–H and O–H groups in total. The summed E-state index contributed by atoms with van der Waals surface area (Å²) < 4.78 is 0. The molecule has 0 amide bonds. The molecule has 0 saturated carbocycles. The van der Waals surface area contributed by atoms with Crippen molar-refractivity contribution in [1.82, 2.24) is 4.98 Å². The largest absolute Gasteiger partial charge is 0.310 e. The molecule has 0 fully saturated rings. The SMILES string of the molecule is c1ccc(-c2ccc(N(c3ccc4ccccc4c3)c3cc(-c4nc5ccccc5cc4-c4ccccc4)cc4c3-c3ccccc3C4(c3ccccc3)c3ccccc3)cc2)cc1. The maximum absolute atomic E-state index is 5.60. The van der Waals surface area contributed by atoms with Crippen LogP contribution in [0.25, 0.3) is 66.3 Å². The summed E-state index contributed by atoms with van der Waals surface area (Å²) in [6.07, 6.45) is 0. The predicted octanol–water partition coefficient (Wildman–Crippen LogP) is 16.2. The van der Waals surface area contributed by atoms with E-state index >= 15 is 0 Å². The maximum Gasteiger partial charge on any atom is 0.0788 e. The van der Waals surface area contributed by atoms with Gasteiger partial charge in [-0.15, -0.1) is 0 Å². The smallest absolute Gasteiger partial charge is 0.0788 e. The van der Waals surface area contributed by atoms with E-state index in [1.54, 1.807) is 0 Å². The quantitative estimate of drug-likeness (QED) is 0.152. The minimum atomic E-state index is -0.644. The van der Waals surface area contributed by atoms with Gasteiger partial charge in [0.25, 0.3) is 0 Å². The molecule has 1 heterocycles. The van der Waals surface area contributed by atoms with E-state index in [9.17, 15) is 0 Å². The Morgan fingerprint density at radius 1 is 0.328 bits per heavy atom. The molecular formula is C62H42N2. The first kappa shape index (κ1) is 37.4. The zero-order chi connectivity index (χ0) is 42.5. The Hall–Kier alpha value is -8.33. The zero-order valence-corrected chi connectivity index (χ0v) is 35.1. The monoisotopic (exact) mass is 814 g/mol. The standard InChI is InChI=1S/C62H42N2/c1-5-19-43(20-6-1)45-33-36-52(37-34-45)64(53-38-35-44-21-13-14-24-47(44)39-53)59-42-49(61-55(46-22-7-2-8-23-46)40-48-25-15-18-32-58(48)63-61)41-57-60(59)54-30-16-17-31-56(54)62(57,50-26-9-3-10-27-50)51-28-11-4-12-29-51/h1-42H. The van der Waals surface area contributed by atoms with Crippen LogP contribution in [0.2, 0.25) is 0 Å². The first-order chi connectivity index (χ1) is 31.7. The molecule has 1 aromatic heterocycles. The van der Waals surface area contributed by atoms with E-state index in [1.807, 2.05) is 0 Å². The Morgan fingerprint density at radius 3 is 1.58 bits per heavy atom. The van der Waals surface area contributed by atoms with Crippen LogP contribution in [0.3, 0.4) is 0 Å². The minimum Gasteiger partial charge on any atom is -0.310 e. The second-order valence-electron chi connectivity index (χ2n) is 16.7. The average Bonchev–Trinajstić information content (AvgIpc) is 3.68. The molecule has 0 aliphatic heterocycles. The van der Waals surface area contributed by atoms with Crippen LogP contribution in [-0.4, -0.2) is 4.98 Å². The van der Waals surface area contributed by atoms with Gasteiger partial charge < -0.3 is 4.90 Å². The van der Waals surface area contributed by atoms with Crippen LogP contribution in [0.15, 0.2) is 255 Å². The van der Waals surface area contributed by atoms with E-state index in [-0.39, 0.29) is 0 Å². The lowest BCUT2D eigenvalue weighted by atomic mass is 9.67. The van der Waals surface area contributed by atoms with Crippen molar-refractivity contribution in [3.05, 3.63) is 277 Å². The lowest BCUT2D eigenvalue weighted by Crippen LogP contribution is -2.28. The predicted molar refractivity (Wildman–Crippen MR) is 268 cm³/mol. The van der Waals surface area contributed by atoms with Crippen molar-refractivity contribution in [2.24, 2.45) is 0 Å². The summed E-state index contributed by atoms with van der Waals surface area (Å²) in [6.45, 7) is 0. The molecule has 64 heavy (non-hydrogen) atoms. The van der Waals surface area contributed by atoms with Crippen molar-refractivity contribution in [2.45, 2.75) is 5.41 Å². The van der Waals surface area contributed by atoms with E-state index in [0.29, 0.717) is 0 Å². The summed E-state index contributed by atoms with van der Waals surface area (Å²) in [5.41, 5.74) is 17.5. The molecule has 300 valence electrons. The topological polar surface area (TPSA) is 16.1 Å². The number of benzene rings is 10. The molecular weight excluding hydrogens is 773 g/mol. The summed E-state index contributed by atoms with van der Waals surface area (Å²) in [4.78, 5) is 8.08. The van der Waals surface area contributed by atoms with Crippen LogP contribution < -0.4 is 4.90 Å². The Bertz CT molecular complexity index is 3430. The fourth-order valence-corrected chi connectivity index (χ4v) is 10.2. The van der Waals surface area contributed by atoms with Crippen LogP contribution in [0, 0.1) is 0 Å². The third-order valence-corrected chi connectivity index (χ3v) is 13.1. The van der Waals surface area contributed by atoms with Crippen molar-refractivity contribution < 1.29 is 0 Å². The molecule has 2 nitrogen and oxygen atoms in total. The van der Waals surface area contributed by atoms with Crippen molar-refractivity contribution in [2.75, 3.05) is 4.90 Å². The first-order valence-corrected chi connectivity index (χ1v) is 22.0. The number of anilines is 3. The Labute approximate surface area is 374 Å². The molecule has 2 heteroatoms. The molecule has 11 aromatic rings. The average molecular weight is 815 g/mol. The lowest BCUT2D eigenvalue weighted by Gasteiger charge is -2.35. The Kier molecular flexibility index (Phi) is 9.09. The third-order valence-electron chi connectivity index (χ3n) is 13.1. The summed E-state index contributed by atoms with van der Waals surface area (Å²) in [6, 6.07) is 92.9. The molecule has 0 atom stereocenters. The van der Waals surface area contributed by atoms with E-state index in [0.717, 1.165) is 50.3 Å². The Morgan fingerprint density at radius 2 is 0.875 bits per heavy atom. The molecule has 0 bridgehead atoms. The third kappa shape index (κ3) is 6.14. The minimum absolute atomic E-state index is 0.644. The van der Waals surface area contributed by atoms with E-state index in [4.69, 9.17) is 4.98 Å². The Balaban J connectivity index is 1.23.